The van der Waals surface area contributed by atoms with Crippen molar-refractivity contribution in [3.8, 4) is 0 Å². The normalized spacial score (nSPS) is 19.9. The highest BCUT2D eigenvalue weighted by atomic mass is 16.4. The molecule has 8 N–H and O–H groups in total. The molecule has 0 saturated heterocycles. The van der Waals surface area contributed by atoms with Crippen molar-refractivity contribution < 1.29 is 39.3 Å². The first-order valence-electron chi connectivity index (χ1n) is 10.9. The number of unbranched alkanes of at least 4 members (excludes halogenated alkanes) is 1. The lowest BCUT2D eigenvalue weighted by atomic mass is 9.81. The third-order valence-electron chi connectivity index (χ3n) is 5.62. The summed E-state index contributed by atoms with van der Waals surface area (Å²) in [5.74, 6) is -3.44. The topological polar surface area (TPSA) is 208 Å². The van der Waals surface area contributed by atoms with Crippen LogP contribution >= 0.6 is 0 Å². The number of urea groups is 1. The van der Waals surface area contributed by atoms with E-state index in [9.17, 15) is 29.1 Å². The first kappa shape index (κ1) is 27.1. The van der Waals surface area contributed by atoms with Crippen LogP contribution in [0, 0.1) is 11.8 Å². The fraction of sp³-hybridized carbons (Fsp3) is 0.750. The molecule has 0 aromatic heterocycles. The van der Waals surface area contributed by atoms with Gasteiger partial charge in [0.05, 0.1) is 0 Å². The molecular weight excluding hydrogens is 424 g/mol. The van der Waals surface area contributed by atoms with Gasteiger partial charge >= 0.3 is 23.9 Å². The molecule has 0 heterocycles. The third kappa shape index (κ3) is 10.4. The van der Waals surface area contributed by atoms with E-state index in [0.717, 1.165) is 25.7 Å². The SMILES string of the molecule is NCC1CCC(C(=O)NCCCCC(NC(=O)N[C@@H](CCC(=O)O)C(=O)O)C(=O)O)CC1. The molecule has 0 aliphatic heterocycles. The van der Waals surface area contributed by atoms with E-state index in [0.29, 0.717) is 31.8 Å². The van der Waals surface area contributed by atoms with Gasteiger partial charge in [0, 0.05) is 18.9 Å². The number of carboxylic acids is 3. The molecule has 1 aliphatic carbocycles. The molecular formula is C20H34N4O8. The van der Waals surface area contributed by atoms with E-state index in [4.69, 9.17) is 15.9 Å². The summed E-state index contributed by atoms with van der Waals surface area (Å²) in [6.45, 7) is 1.04. The largest absolute Gasteiger partial charge is 0.481 e. The molecule has 0 spiro atoms. The Labute approximate surface area is 186 Å². The van der Waals surface area contributed by atoms with Crippen LogP contribution in [0.1, 0.15) is 57.8 Å². The number of nitrogens with two attached hydrogens (primary N) is 1. The predicted octanol–water partition coefficient (Wildman–Crippen LogP) is 0.108. The smallest absolute Gasteiger partial charge is 0.326 e. The summed E-state index contributed by atoms with van der Waals surface area (Å²) in [4.78, 5) is 57.2. The zero-order chi connectivity index (χ0) is 24.1. The Morgan fingerprint density at radius 1 is 0.844 bits per heavy atom. The Bertz CT molecular complexity index is 664. The molecule has 1 fully saturated rings. The van der Waals surface area contributed by atoms with E-state index in [-0.39, 0.29) is 24.7 Å². The van der Waals surface area contributed by atoms with Crippen LogP contribution in [0.25, 0.3) is 0 Å². The van der Waals surface area contributed by atoms with Crippen molar-refractivity contribution >= 4 is 29.8 Å². The number of hydrogen-bond donors (Lipinski definition) is 7. The molecule has 0 bridgehead atoms. The summed E-state index contributed by atoms with van der Waals surface area (Å²) < 4.78 is 0. The van der Waals surface area contributed by atoms with Crippen LogP contribution in [0.3, 0.4) is 0 Å². The van der Waals surface area contributed by atoms with Gasteiger partial charge in [0.15, 0.2) is 0 Å². The van der Waals surface area contributed by atoms with E-state index >= 15 is 0 Å². The van der Waals surface area contributed by atoms with Crippen molar-refractivity contribution in [1.29, 1.82) is 0 Å². The van der Waals surface area contributed by atoms with Crippen LogP contribution < -0.4 is 21.7 Å². The average Bonchev–Trinajstić information content (AvgIpc) is 2.74. The molecule has 12 heteroatoms. The van der Waals surface area contributed by atoms with Crippen molar-refractivity contribution in [3.05, 3.63) is 0 Å². The lowest BCUT2D eigenvalue weighted by molar-refractivity contribution is -0.140. The molecule has 1 aliphatic rings. The van der Waals surface area contributed by atoms with Gasteiger partial charge in [-0.05, 0) is 63.8 Å². The summed E-state index contributed by atoms with van der Waals surface area (Å²) in [6.07, 6.45) is 3.76. The van der Waals surface area contributed by atoms with Crippen LogP contribution in [0.15, 0.2) is 0 Å². The zero-order valence-corrected chi connectivity index (χ0v) is 18.0. The molecule has 2 atom stereocenters. The Morgan fingerprint density at radius 3 is 1.91 bits per heavy atom. The Kier molecular flexibility index (Phi) is 12.1. The number of carbonyl (C=O) groups excluding carboxylic acids is 2. The highest BCUT2D eigenvalue weighted by Crippen LogP contribution is 2.28. The monoisotopic (exact) mass is 458 g/mol. The Morgan fingerprint density at radius 2 is 1.41 bits per heavy atom. The first-order chi connectivity index (χ1) is 15.1. The van der Waals surface area contributed by atoms with Crippen molar-refractivity contribution in [1.82, 2.24) is 16.0 Å². The molecule has 3 amide bonds. The molecule has 32 heavy (non-hydrogen) atoms. The first-order valence-corrected chi connectivity index (χ1v) is 10.9. The van der Waals surface area contributed by atoms with Gasteiger partial charge in [0.25, 0.3) is 0 Å². The molecule has 12 nitrogen and oxygen atoms in total. The number of carbonyl (C=O) groups is 5. The summed E-state index contributed by atoms with van der Waals surface area (Å²) in [7, 11) is 0. The second-order valence-electron chi connectivity index (χ2n) is 8.07. The number of hydrogen-bond acceptors (Lipinski definition) is 6. The van der Waals surface area contributed by atoms with Gasteiger partial charge in [-0.25, -0.2) is 14.4 Å². The second kappa shape index (κ2) is 14.2. The van der Waals surface area contributed by atoms with Crippen LogP contribution in [0.2, 0.25) is 0 Å². The maximum Gasteiger partial charge on any atom is 0.326 e. The van der Waals surface area contributed by atoms with Gasteiger partial charge in [0.1, 0.15) is 12.1 Å². The minimum Gasteiger partial charge on any atom is -0.481 e. The number of amides is 3. The number of rotatable bonds is 14. The molecule has 0 aromatic rings. The van der Waals surface area contributed by atoms with Gasteiger partial charge in [-0.15, -0.1) is 0 Å². The minimum atomic E-state index is -1.45. The predicted molar refractivity (Wildman–Crippen MR) is 113 cm³/mol. The van der Waals surface area contributed by atoms with E-state index in [1.807, 2.05) is 0 Å². The van der Waals surface area contributed by atoms with Crippen molar-refractivity contribution in [2.45, 2.75) is 69.9 Å². The third-order valence-corrected chi connectivity index (χ3v) is 5.62. The van der Waals surface area contributed by atoms with Crippen molar-refractivity contribution in [2.24, 2.45) is 17.6 Å². The lowest BCUT2D eigenvalue weighted by Gasteiger charge is -2.26. The summed E-state index contributed by atoms with van der Waals surface area (Å²) >= 11 is 0. The Balaban J connectivity index is 2.33. The fourth-order valence-corrected chi connectivity index (χ4v) is 3.63. The lowest BCUT2D eigenvalue weighted by Crippen LogP contribution is -2.51. The zero-order valence-electron chi connectivity index (χ0n) is 18.0. The van der Waals surface area contributed by atoms with Crippen molar-refractivity contribution in [3.63, 3.8) is 0 Å². The van der Waals surface area contributed by atoms with E-state index in [1.165, 1.54) is 0 Å². The van der Waals surface area contributed by atoms with Crippen LogP contribution in [0.5, 0.6) is 0 Å². The summed E-state index contributed by atoms with van der Waals surface area (Å²) in [5, 5.41) is 34.1. The molecule has 0 radical (unpaired) electrons. The van der Waals surface area contributed by atoms with Gasteiger partial charge in [-0.2, -0.15) is 0 Å². The highest BCUT2D eigenvalue weighted by Gasteiger charge is 2.26. The number of carboxylic acid groups (broad SMARTS) is 3. The van der Waals surface area contributed by atoms with Gasteiger partial charge < -0.3 is 37.0 Å². The number of nitrogens with one attached hydrogen (secondary N) is 3. The van der Waals surface area contributed by atoms with E-state index in [2.05, 4.69) is 16.0 Å². The number of aliphatic carboxylic acids is 3. The Hall–Kier alpha value is -2.89. The summed E-state index contributed by atoms with van der Waals surface area (Å²) in [6, 6.07) is -3.70. The quantitative estimate of drug-likeness (QED) is 0.176. The maximum absolute atomic E-state index is 12.2. The second-order valence-corrected chi connectivity index (χ2v) is 8.07. The average molecular weight is 459 g/mol. The van der Waals surface area contributed by atoms with E-state index < -0.39 is 42.4 Å². The molecule has 0 aromatic carbocycles. The molecule has 1 saturated carbocycles. The van der Waals surface area contributed by atoms with Gasteiger partial charge in [-0.1, -0.05) is 0 Å². The van der Waals surface area contributed by atoms with Crippen LogP contribution in [-0.2, 0) is 19.2 Å². The van der Waals surface area contributed by atoms with E-state index in [1.54, 1.807) is 0 Å². The van der Waals surface area contributed by atoms with Gasteiger partial charge in [-0.3, -0.25) is 9.59 Å². The fourth-order valence-electron chi connectivity index (χ4n) is 3.63. The van der Waals surface area contributed by atoms with Crippen LogP contribution in [-0.4, -0.2) is 70.3 Å². The highest BCUT2D eigenvalue weighted by molar-refractivity contribution is 5.86. The van der Waals surface area contributed by atoms with Gasteiger partial charge in [0.2, 0.25) is 5.91 Å². The van der Waals surface area contributed by atoms with Crippen molar-refractivity contribution in [2.75, 3.05) is 13.1 Å². The summed E-state index contributed by atoms with van der Waals surface area (Å²) in [5.41, 5.74) is 5.66. The molecule has 1 rings (SSSR count). The molecule has 182 valence electrons. The maximum atomic E-state index is 12.2. The minimum absolute atomic E-state index is 0.00571. The standard InChI is InChI=1S/C20H34N4O8/c21-11-12-4-6-13(7-5-12)17(27)22-10-2-1-3-14(18(28)29)23-20(32)24-15(19(30)31)8-9-16(25)26/h12-15H,1-11,21H2,(H,22,27)(H,25,26)(H,28,29)(H,30,31)(H2,23,24,32)/t12?,13?,14?,15-/m0/s1. The van der Waals surface area contributed by atoms with Crippen LogP contribution in [0.4, 0.5) is 4.79 Å². The molecule has 1 unspecified atom stereocenters.